The van der Waals surface area contributed by atoms with Crippen LogP contribution in [0.25, 0.3) is 77.2 Å². The highest BCUT2D eigenvalue weighted by Gasteiger charge is 2.21. The molecule has 0 unspecified atom stereocenters. The molecule has 254 valence electrons. The molecule has 0 saturated heterocycles. The third-order valence-electron chi connectivity index (χ3n) is 10.5. The molecule has 2 nitrogen and oxygen atoms in total. The highest BCUT2D eigenvalue weighted by molar-refractivity contribution is 6.09. The lowest BCUT2D eigenvalue weighted by Crippen LogP contribution is -2.12. The average Bonchev–Trinajstić information content (AvgIpc) is 3.64. The largest absolute Gasteiger partial charge is 0.455 e. The van der Waals surface area contributed by atoms with E-state index in [1.54, 1.807) is 0 Å². The number of rotatable bonds is 7. The second-order valence-corrected chi connectivity index (χ2v) is 13.7. The molecule has 2 heteroatoms. The first kappa shape index (κ1) is 31.6. The smallest absolute Gasteiger partial charge is 0.143 e. The normalized spacial score (nSPS) is 11.3. The Labute approximate surface area is 314 Å². The summed E-state index contributed by atoms with van der Waals surface area (Å²) in [6.07, 6.45) is 0. The van der Waals surface area contributed by atoms with E-state index in [4.69, 9.17) is 4.42 Å². The Morgan fingerprint density at radius 3 is 1.61 bits per heavy atom. The van der Waals surface area contributed by atoms with E-state index in [2.05, 4.69) is 205 Å². The molecule has 0 atom stereocenters. The van der Waals surface area contributed by atoms with Crippen molar-refractivity contribution in [2.75, 3.05) is 4.90 Å². The summed E-state index contributed by atoms with van der Waals surface area (Å²) in [5.74, 6) is 0. The summed E-state index contributed by atoms with van der Waals surface area (Å²) in [5.41, 5.74) is 14.3. The number of fused-ring (bicyclic) bond motifs is 4. The van der Waals surface area contributed by atoms with Crippen LogP contribution in [0.1, 0.15) is 0 Å². The third-order valence-corrected chi connectivity index (χ3v) is 10.5. The zero-order valence-corrected chi connectivity index (χ0v) is 29.6. The van der Waals surface area contributed by atoms with Gasteiger partial charge in [-0.15, -0.1) is 0 Å². The van der Waals surface area contributed by atoms with Crippen molar-refractivity contribution in [3.05, 3.63) is 212 Å². The predicted molar refractivity (Wildman–Crippen MR) is 228 cm³/mol. The summed E-state index contributed by atoms with van der Waals surface area (Å²) in [5, 5.41) is 4.76. The molecule has 0 N–H and O–H groups in total. The third kappa shape index (κ3) is 5.53. The van der Waals surface area contributed by atoms with Crippen molar-refractivity contribution < 1.29 is 4.42 Å². The quantitative estimate of drug-likeness (QED) is 0.166. The molecule has 0 amide bonds. The molecule has 10 aromatic rings. The highest BCUT2D eigenvalue weighted by Crippen LogP contribution is 2.46. The number of hydrogen-bond acceptors (Lipinski definition) is 2. The fourth-order valence-corrected chi connectivity index (χ4v) is 7.95. The van der Waals surface area contributed by atoms with Crippen molar-refractivity contribution in [1.82, 2.24) is 0 Å². The summed E-state index contributed by atoms with van der Waals surface area (Å²) in [6, 6.07) is 75.9. The molecule has 0 radical (unpaired) electrons. The predicted octanol–water partition coefficient (Wildman–Crippen LogP) is 14.9. The van der Waals surface area contributed by atoms with Crippen molar-refractivity contribution in [1.29, 1.82) is 0 Å². The van der Waals surface area contributed by atoms with Crippen molar-refractivity contribution in [3.63, 3.8) is 0 Å². The van der Waals surface area contributed by atoms with Crippen LogP contribution >= 0.6 is 0 Å². The van der Waals surface area contributed by atoms with Gasteiger partial charge in [0.1, 0.15) is 11.2 Å². The van der Waals surface area contributed by atoms with Gasteiger partial charge in [-0.2, -0.15) is 0 Å². The molecule has 0 spiro atoms. The molecule has 0 bridgehead atoms. The van der Waals surface area contributed by atoms with E-state index in [9.17, 15) is 0 Å². The van der Waals surface area contributed by atoms with Gasteiger partial charge in [0.05, 0.1) is 11.4 Å². The summed E-state index contributed by atoms with van der Waals surface area (Å²) in [7, 11) is 0. The summed E-state index contributed by atoms with van der Waals surface area (Å²) in [6.45, 7) is 0. The maximum absolute atomic E-state index is 6.44. The Hall–Kier alpha value is -7.16. The molecule has 1 aromatic heterocycles. The minimum absolute atomic E-state index is 0.904. The van der Waals surface area contributed by atoms with Gasteiger partial charge < -0.3 is 9.32 Å². The lowest BCUT2D eigenvalue weighted by Gasteiger charge is -2.30. The van der Waals surface area contributed by atoms with Crippen LogP contribution in [0.2, 0.25) is 0 Å². The van der Waals surface area contributed by atoms with Crippen LogP contribution in [0.4, 0.5) is 17.1 Å². The molecule has 9 aromatic carbocycles. The fraction of sp³-hybridized carbons (Fsp3) is 0. The molecule has 0 fully saturated rings. The maximum atomic E-state index is 6.44. The van der Waals surface area contributed by atoms with Crippen LogP contribution in [-0.4, -0.2) is 0 Å². The van der Waals surface area contributed by atoms with Crippen LogP contribution in [0, 0.1) is 0 Å². The molecular weight excluding hydrogens is 655 g/mol. The summed E-state index contributed by atoms with van der Waals surface area (Å²) < 4.78 is 6.44. The van der Waals surface area contributed by atoms with Gasteiger partial charge in [0.15, 0.2) is 0 Å². The van der Waals surface area contributed by atoms with E-state index in [1.165, 1.54) is 27.5 Å². The van der Waals surface area contributed by atoms with E-state index in [-0.39, 0.29) is 0 Å². The van der Waals surface area contributed by atoms with Gasteiger partial charge in [-0.05, 0) is 75.0 Å². The lowest BCUT2D eigenvalue weighted by molar-refractivity contribution is 0.670. The first-order valence-electron chi connectivity index (χ1n) is 18.4. The van der Waals surface area contributed by atoms with Crippen molar-refractivity contribution in [3.8, 4) is 44.5 Å². The minimum Gasteiger partial charge on any atom is -0.455 e. The number of para-hydroxylation sites is 4. The monoisotopic (exact) mass is 689 g/mol. The van der Waals surface area contributed by atoms with Gasteiger partial charge in [-0.3, -0.25) is 0 Å². The van der Waals surface area contributed by atoms with E-state index >= 15 is 0 Å². The van der Waals surface area contributed by atoms with Crippen molar-refractivity contribution in [2.45, 2.75) is 0 Å². The fourth-order valence-electron chi connectivity index (χ4n) is 7.95. The van der Waals surface area contributed by atoms with Gasteiger partial charge in [0, 0.05) is 33.2 Å². The van der Waals surface area contributed by atoms with Crippen LogP contribution in [0.3, 0.4) is 0 Å². The molecule has 54 heavy (non-hydrogen) atoms. The van der Waals surface area contributed by atoms with Gasteiger partial charge in [-0.1, -0.05) is 176 Å². The Morgan fingerprint density at radius 2 is 0.815 bits per heavy atom. The number of furan rings is 1. The lowest BCUT2D eigenvalue weighted by atomic mass is 9.94. The van der Waals surface area contributed by atoms with Gasteiger partial charge in [-0.25, -0.2) is 0 Å². The highest BCUT2D eigenvalue weighted by atomic mass is 16.3. The molecule has 0 aliphatic heterocycles. The van der Waals surface area contributed by atoms with Crippen molar-refractivity contribution in [2.24, 2.45) is 0 Å². The molecular formula is C52H35NO. The standard InChI is InChI=1S/C52H35NO/c1-2-15-37(16-3-1)44-22-6-9-28-49(44)53(41-33-31-38(32-34-41)46-26-14-27-48-47-24-8-11-30-51(47)54-52(46)48)50-29-10-7-23-45(50)40-20-12-19-39(35-40)43-25-13-18-36-17-4-5-21-42(36)43/h1-35H. The van der Waals surface area contributed by atoms with Crippen LogP contribution in [-0.2, 0) is 0 Å². The molecule has 0 saturated carbocycles. The van der Waals surface area contributed by atoms with E-state index in [0.29, 0.717) is 0 Å². The second kappa shape index (κ2) is 13.4. The molecule has 0 aliphatic rings. The molecule has 0 aliphatic carbocycles. The van der Waals surface area contributed by atoms with Gasteiger partial charge in [0.2, 0.25) is 0 Å². The van der Waals surface area contributed by atoms with Gasteiger partial charge in [0.25, 0.3) is 0 Å². The number of benzene rings is 9. The topological polar surface area (TPSA) is 16.4 Å². The Kier molecular flexibility index (Phi) is 7.85. The molecule has 1 heterocycles. The zero-order valence-electron chi connectivity index (χ0n) is 29.6. The summed E-state index contributed by atoms with van der Waals surface area (Å²) in [4.78, 5) is 2.41. The average molecular weight is 690 g/mol. The van der Waals surface area contributed by atoms with E-state index in [0.717, 1.165) is 66.8 Å². The summed E-state index contributed by atoms with van der Waals surface area (Å²) >= 11 is 0. The maximum Gasteiger partial charge on any atom is 0.143 e. The van der Waals surface area contributed by atoms with Crippen molar-refractivity contribution >= 4 is 49.8 Å². The van der Waals surface area contributed by atoms with E-state index < -0.39 is 0 Å². The zero-order chi connectivity index (χ0) is 35.8. The Bertz CT molecular complexity index is 2930. The number of anilines is 3. The van der Waals surface area contributed by atoms with Gasteiger partial charge >= 0.3 is 0 Å². The SMILES string of the molecule is c1ccc(-c2ccccc2N(c2ccc(-c3cccc4c3oc3ccccc34)cc2)c2ccccc2-c2cccc(-c3cccc4ccccc34)c2)cc1. The van der Waals surface area contributed by atoms with E-state index in [1.807, 2.05) is 12.1 Å². The number of nitrogens with zero attached hydrogens (tertiary/aromatic N) is 1. The number of hydrogen-bond donors (Lipinski definition) is 0. The first-order chi connectivity index (χ1) is 26.8. The van der Waals surface area contributed by atoms with Crippen LogP contribution in [0.15, 0.2) is 217 Å². The van der Waals surface area contributed by atoms with Crippen LogP contribution < -0.4 is 4.90 Å². The van der Waals surface area contributed by atoms with Crippen LogP contribution in [0.5, 0.6) is 0 Å². The molecule has 10 rings (SSSR count). The second-order valence-electron chi connectivity index (χ2n) is 13.7. The Morgan fingerprint density at radius 1 is 0.315 bits per heavy atom. The Balaban J connectivity index is 1.14. The minimum atomic E-state index is 0.904. The first-order valence-corrected chi connectivity index (χ1v) is 18.4.